The van der Waals surface area contributed by atoms with Crippen LogP contribution < -0.4 is 11.1 Å². The van der Waals surface area contributed by atoms with Crippen LogP contribution in [-0.2, 0) is 0 Å². The van der Waals surface area contributed by atoms with Crippen LogP contribution >= 0.6 is 0 Å². The monoisotopic (exact) mass is 245 g/mol. The number of benzene rings is 1. The summed E-state index contributed by atoms with van der Waals surface area (Å²) in [6.07, 6.45) is 0. The summed E-state index contributed by atoms with van der Waals surface area (Å²) in [5.41, 5.74) is 6.26. The molecular formula is C12H12FN5. The van der Waals surface area contributed by atoms with E-state index in [1.165, 1.54) is 10.7 Å². The minimum absolute atomic E-state index is 0.124. The number of nitriles is 1. The number of rotatable bonds is 3. The van der Waals surface area contributed by atoms with Crippen LogP contribution in [-0.4, -0.2) is 16.3 Å². The van der Waals surface area contributed by atoms with Gasteiger partial charge in [-0.1, -0.05) is 12.1 Å². The number of hydrogen-bond donors (Lipinski definition) is 2. The zero-order valence-corrected chi connectivity index (χ0v) is 9.81. The Morgan fingerprint density at radius 3 is 2.83 bits per heavy atom. The minimum Gasteiger partial charge on any atom is -0.382 e. The van der Waals surface area contributed by atoms with E-state index in [1.807, 2.05) is 13.0 Å². The fourth-order valence-electron chi connectivity index (χ4n) is 1.64. The molecule has 0 unspecified atom stereocenters. The van der Waals surface area contributed by atoms with E-state index in [2.05, 4.69) is 10.4 Å². The number of para-hydroxylation sites is 1. The standard InChI is InChI=1S/C12H12FN5/c1-2-16-12-8(7-14)11(15)18(17-12)10-6-4-3-5-9(10)13/h3-6H,2,15H2,1H3,(H,16,17). The molecule has 0 saturated heterocycles. The maximum Gasteiger partial charge on any atom is 0.168 e. The van der Waals surface area contributed by atoms with E-state index in [0.29, 0.717) is 12.4 Å². The Morgan fingerprint density at radius 2 is 2.22 bits per heavy atom. The summed E-state index contributed by atoms with van der Waals surface area (Å²) in [6, 6.07) is 8.09. The van der Waals surface area contributed by atoms with Crippen molar-refractivity contribution in [3.63, 3.8) is 0 Å². The Kier molecular flexibility index (Phi) is 3.15. The molecule has 0 aliphatic heterocycles. The Balaban J connectivity index is 2.60. The van der Waals surface area contributed by atoms with Crippen molar-refractivity contribution >= 4 is 11.6 Å². The summed E-state index contributed by atoms with van der Waals surface area (Å²) in [4.78, 5) is 0. The van der Waals surface area contributed by atoms with Crippen LogP contribution in [0.4, 0.5) is 16.0 Å². The molecule has 1 aromatic carbocycles. The van der Waals surface area contributed by atoms with E-state index in [4.69, 9.17) is 11.0 Å². The maximum atomic E-state index is 13.7. The Bertz CT molecular complexity index is 611. The van der Waals surface area contributed by atoms with Crippen LogP contribution in [0.1, 0.15) is 12.5 Å². The fraction of sp³-hybridized carbons (Fsp3) is 0.167. The number of nitrogens with two attached hydrogens (primary N) is 1. The number of halogens is 1. The average molecular weight is 245 g/mol. The lowest BCUT2D eigenvalue weighted by molar-refractivity contribution is 0.612. The summed E-state index contributed by atoms with van der Waals surface area (Å²) in [7, 11) is 0. The van der Waals surface area contributed by atoms with Crippen LogP contribution in [0.3, 0.4) is 0 Å². The van der Waals surface area contributed by atoms with Crippen LogP contribution in [0.15, 0.2) is 24.3 Å². The second-order valence-electron chi connectivity index (χ2n) is 3.61. The Morgan fingerprint density at radius 1 is 1.50 bits per heavy atom. The fourth-order valence-corrected chi connectivity index (χ4v) is 1.64. The van der Waals surface area contributed by atoms with Gasteiger partial charge in [0.25, 0.3) is 0 Å². The summed E-state index contributed by atoms with van der Waals surface area (Å²) >= 11 is 0. The third kappa shape index (κ3) is 1.86. The molecule has 5 nitrogen and oxygen atoms in total. The highest BCUT2D eigenvalue weighted by Crippen LogP contribution is 2.25. The molecule has 0 spiro atoms. The third-order valence-corrected chi connectivity index (χ3v) is 2.46. The van der Waals surface area contributed by atoms with Crippen molar-refractivity contribution in [1.29, 1.82) is 5.26 Å². The molecule has 0 bridgehead atoms. The average Bonchev–Trinajstić information content (AvgIpc) is 2.67. The summed E-state index contributed by atoms with van der Waals surface area (Å²) in [5, 5.41) is 16.1. The molecule has 0 saturated carbocycles. The molecule has 0 fully saturated rings. The first kappa shape index (κ1) is 11.9. The predicted molar refractivity (Wildman–Crippen MR) is 66.8 cm³/mol. The molecule has 2 aromatic rings. The minimum atomic E-state index is -0.445. The van der Waals surface area contributed by atoms with Gasteiger partial charge in [0.1, 0.15) is 29.0 Å². The van der Waals surface area contributed by atoms with Gasteiger partial charge in [0, 0.05) is 6.54 Å². The van der Waals surface area contributed by atoms with E-state index in [-0.39, 0.29) is 17.1 Å². The molecular weight excluding hydrogens is 233 g/mol. The van der Waals surface area contributed by atoms with Gasteiger partial charge in [0.2, 0.25) is 0 Å². The molecule has 6 heteroatoms. The van der Waals surface area contributed by atoms with Crippen molar-refractivity contribution in [2.75, 3.05) is 17.6 Å². The van der Waals surface area contributed by atoms with Gasteiger partial charge in [0.05, 0.1) is 0 Å². The molecule has 2 rings (SSSR count). The lowest BCUT2D eigenvalue weighted by Crippen LogP contribution is -2.04. The SMILES string of the molecule is CCNc1nn(-c2ccccc2F)c(N)c1C#N. The first-order chi connectivity index (χ1) is 8.69. The lowest BCUT2D eigenvalue weighted by Gasteiger charge is -2.04. The van der Waals surface area contributed by atoms with Crippen molar-refractivity contribution in [2.24, 2.45) is 0 Å². The number of nitrogen functional groups attached to an aromatic ring is 1. The molecule has 1 heterocycles. The largest absolute Gasteiger partial charge is 0.382 e. The highest BCUT2D eigenvalue weighted by molar-refractivity contribution is 5.66. The number of anilines is 2. The molecule has 92 valence electrons. The molecule has 0 amide bonds. The topological polar surface area (TPSA) is 79.7 Å². The van der Waals surface area contributed by atoms with Gasteiger partial charge in [-0.3, -0.25) is 0 Å². The molecule has 18 heavy (non-hydrogen) atoms. The Labute approximate surface area is 104 Å². The molecule has 0 atom stereocenters. The first-order valence-electron chi connectivity index (χ1n) is 5.46. The quantitative estimate of drug-likeness (QED) is 0.865. The predicted octanol–water partition coefficient (Wildman–Crippen LogP) is 1.90. The Hall–Kier alpha value is -2.55. The van der Waals surface area contributed by atoms with Gasteiger partial charge in [-0.15, -0.1) is 5.10 Å². The number of hydrogen-bond acceptors (Lipinski definition) is 4. The highest BCUT2D eigenvalue weighted by atomic mass is 19.1. The maximum absolute atomic E-state index is 13.7. The van der Waals surface area contributed by atoms with Gasteiger partial charge in [0.15, 0.2) is 5.82 Å². The number of aromatic nitrogens is 2. The second-order valence-corrected chi connectivity index (χ2v) is 3.61. The normalized spacial score (nSPS) is 10.1. The van der Waals surface area contributed by atoms with Gasteiger partial charge in [-0.05, 0) is 19.1 Å². The molecule has 1 aromatic heterocycles. The van der Waals surface area contributed by atoms with E-state index < -0.39 is 5.82 Å². The van der Waals surface area contributed by atoms with Crippen molar-refractivity contribution in [2.45, 2.75) is 6.92 Å². The van der Waals surface area contributed by atoms with Crippen LogP contribution in [0, 0.1) is 17.1 Å². The molecule has 0 radical (unpaired) electrons. The summed E-state index contributed by atoms with van der Waals surface area (Å²) < 4.78 is 14.9. The van der Waals surface area contributed by atoms with Gasteiger partial charge in [-0.2, -0.15) is 5.26 Å². The van der Waals surface area contributed by atoms with E-state index in [9.17, 15) is 4.39 Å². The van der Waals surface area contributed by atoms with Crippen molar-refractivity contribution < 1.29 is 4.39 Å². The van der Waals surface area contributed by atoms with E-state index >= 15 is 0 Å². The molecule has 0 aliphatic carbocycles. The van der Waals surface area contributed by atoms with Crippen LogP contribution in [0.2, 0.25) is 0 Å². The van der Waals surface area contributed by atoms with Crippen molar-refractivity contribution in [1.82, 2.24) is 9.78 Å². The summed E-state index contributed by atoms with van der Waals surface area (Å²) in [6.45, 7) is 2.47. The molecule has 0 aliphatic rings. The van der Waals surface area contributed by atoms with Crippen LogP contribution in [0.25, 0.3) is 5.69 Å². The van der Waals surface area contributed by atoms with Crippen molar-refractivity contribution in [3.8, 4) is 11.8 Å². The zero-order chi connectivity index (χ0) is 13.1. The number of nitrogens with zero attached hydrogens (tertiary/aromatic N) is 3. The first-order valence-corrected chi connectivity index (χ1v) is 5.46. The van der Waals surface area contributed by atoms with E-state index in [0.717, 1.165) is 0 Å². The smallest absolute Gasteiger partial charge is 0.168 e. The van der Waals surface area contributed by atoms with Gasteiger partial charge >= 0.3 is 0 Å². The van der Waals surface area contributed by atoms with Crippen molar-refractivity contribution in [3.05, 3.63) is 35.6 Å². The van der Waals surface area contributed by atoms with Crippen LogP contribution in [0.5, 0.6) is 0 Å². The number of nitrogens with one attached hydrogen (secondary N) is 1. The lowest BCUT2D eigenvalue weighted by atomic mass is 10.3. The highest BCUT2D eigenvalue weighted by Gasteiger charge is 2.17. The third-order valence-electron chi connectivity index (χ3n) is 2.46. The second kappa shape index (κ2) is 4.75. The van der Waals surface area contributed by atoms with Gasteiger partial charge < -0.3 is 11.1 Å². The van der Waals surface area contributed by atoms with E-state index in [1.54, 1.807) is 18.2 Å². The molecule has 3 N–H and O–H groups in total. The summed E-state index contributed by atoms with van der Waals surface area (Å²) in [5.74, 6) is 0.0403. The van der Waals surface area contributed by atoms with Gasteiger partial charge in [-0.25, -0.2) is 9.07 Å². The zero-order valence-electron chi connectivity index (χ0n) is 9.81.